The van der Waals surface area contributed by atoms with Gasteiger partial charge >= 0.3 is 0 Å². The number of benzene rings is 1. The minimum absolute atomic E-state index is 0.267. The zero-order chi connectivity index (χ0) is 15.5. The molecule has 0 aliphatic carbocycles. The Labute approximate surface area is 132 Å². The molecule has 3 N–H and O–H groups in total. The molecule has 0 atom stereocenters. The van der Waals surface area contributed by atoms with Crippen LogP contribution in [0.2, 0.25) is 0 Å². The summed E-state index contributed by atoms with van der Waals surface area (Å²) in [6, 6.07) is 11.5. The molecule has 2 aromatic heterocycles. The average molecular weight is 313 g/mol. The molecule has 112 valence electrons. The van der Waals surface area contributed by atoms with Gasteiger partial charge in [0.1, 0.15) is 0 Å². The van der Waals surface area contributed by atoms with E-state index in [2.05, 4.69) is 25.4 Å². The fraction of sp³-hybridized carbons (Fsp3) is 0.143. The molecule has 7 nitrogen and oxygen atoms in total. The fourth-order valence-corrected chi connectivity index (χ4v) is 2.34. The van der Waals surface area contributed by atoms with E-state index in [1.807, 2.05) is 49.6 Å². The van der Waals surface area contributed by atoms with E-state index in [0.717, 1.165) is 11.4 Å². The van der Waals surface area contributed by atoms with Crippen LogP contribution in [-0.4, -0.2) is 31.0 Å². The first-order valence-corrected chi connectivity index (χ1v) is 7.83. The number of nitrogens with zero attached hydrogens (tertiary/aromatic N) is 5. The molecule has 0 radical (unpaired) electrons. The normalized spacial score (nSPS) is 10.6. The lowest BCUT2D eigenvalue weighted by atomic mass is 10.3. The molecule has 0 saturated heterocycles. The first kappa shape index (κ1) is 14.3. The van der Waals surface area contributed by atoms with Gasteiger partial charge in [0, 0.05) is 17.4 Å². The summed E-state index contributed by atoms with van der Waals surface area (Å²) in [5.74, 6) is 1.29. The maximum absolute atomic E-state index is 5.95. The van der Waals surface area contributed by atoms with Crippen LogP contribution in [0.25, 0.3) is 5.82 Å². The number of para-hydroxylation sites is 1. The van der Waals surface area contributed by atoms with Crippen molar-refractivity contribution < 1.29 is 0 Å². The first-order valence-electron chi connectivity index (χ1n) is 6.60. The number of nitrogens with one attached hydrogen (secondary N) is 1. The van der Waals surface area contributed by atoms with Gasteiger partial charge in [0.05, 0.1) is 0 Å². The Morgan fingerprint density at radius 1 is 1.14 bits per heavy atom. The molecule has 0 saturated carbocycles. The molecule has 22 heavy (non-hydrogen) atoms. The summed E-state index contributed by atoms with van der Waals surface area (Å²) >= 11 is 1.47. The highest BCUT2D eigenvalue weighted by atomic mass is 32.2. The fourth-order valence-electron chi connectivity index (χ4n) is 1.92. The maximum Gasteiger partial charge on any atom is 0.248 e. The van der Waals surface area contributed by atoms with Crippen LogP contribution in [0.3, 0.4) is 0 Å². The summed E-state index contributed by atoms with van der Waals surface area (Å²) < 4.78 is 1.50. The Hall–Kier alpha value is -2.61. The summed E-state index contributed by atoms with van der Waals surface area (Å²) in [5.41, 5.74) is 7.69. The molecule has 3 aromatic rings. The number of rotatable bonds is 4. The van der Waals surface area contributed by atoms with E-state index < -0.39 is 0 Å². The molecule has 2 heterocycles. The molecular formula is C14H15N7S. The van der Waals surface area contributed by atoms with Crippen molar-refractivity contribution in [2.45, 2.75) is 12.1 Å². The van der Waals surface area contributed by atoms with Gasteiger partial charge in [-0.25, -0.2) is 9.97 Å². The van der Waals surface area contributed by atoms with Crippen molar-refractivity contribution in [3.8, 4) is 5.82 Å². The van der Waals surface area contributed by atoms with Gasteiger partial charge in [-0.2, -0.15) is 9.67 Å². The zero-order valence-corrected chi connectivity index (χ0v) is 13.0. The summed E-state index contributed by atoms with van der Waals surface area (Å²) in [6.07, 6.45) is 1.92. The Bertz CT molecular complexity index is 785. The first-order chi connectivity index (χ1) is 10.7. The van der Waals surface area contributed by atoms with Gasteiger partial charge in [0.15, 0.2) is 11.0 Å². The van der Waals surface area contributed by atoms with E-state index in [4.69, 9.17) is 5.73 Å². The van der Waals surface area contributed by atoms with E-state index in [9.17, 15) is 0 Å². The molecule has 0 amide bonds. The van der Waals surface area contributed by atoms with Crippen molar-refractivity contribution in [3.05, 3.63) is 42.1 Å². The predicted octanol–water partition coefficient (Wildman–Crippen LogP) is 2.41. The van der Waals surface area contributed by atoms with Gasteiger partial charge in [-0.3, -0.25) is 0 Å². The van der Waals surface area contributed by atoms with Gasteiger partial charge < -0.3 is 11.1 Å². The number of anilines is 3. The summed E-state index contributed by atoms with van der Waals surface area (Å²) in [4.78, 5) is 12.9. The van der Waals surface area contributed by atoms with Crippen LogP contribution in [0.1, 0.15) is 5.69 Å². The van der Waals surface area contributed by atoms with Crippen molar-refractivity contribution in [1.82, 2.24) is 24.7 Å². The second-order valence-corrected chi connectivity index (χ2v) is 5.32. The third kappa shape index (κ3) is 3.01. The lowest BCUT2D eigenvalue weighted by Crippen LogP contribution is -2.06. The molecule has 3 rings (SSSR count). The van der Waals surface area contributed by atoms with Gasteiger partial charge in [-0.05, 0) is 25.3 Å². The second kappa shape index (κ2) is 6.02. The standard InChI is InChI=1S/C14H15N7S/c1-9-8-11(18-14(16-9)22-2)21-12(15)19-13(20-21)17-10-6-4-3-5-7-10/h3-8H,1-2H3,(H3,15,17,19,20). The lowest BCUT2D eigenvalue weighted by Gasteiger charge is -2.04. The monoisotopic (exact) mass is 313 g/mol. The number of hydrogen-bond donors (Lipinski definition) is 2. The largest absolute Gasteiger partial charge is 0.368 e. The van der Waals surface area contributed by atoms with Gasteiger partial charge in [-0.15, -0.1) is 5.10 Å². The number of aromatic nitrogens is 5. The molecule has 0 aliphatic heterocycles. The van der Waals surface area contributed by atoms with E-state index in [0.29, 0.717) is 16.9 Å². The van der Waals surface area contributed by atoms with Gasteiger partial charge in [-0.1, -0.05) is 30.0 Å². The summed E-state index contributed by atoms with van der Waals surface area (Å²) in [7, 11) is 0. The van der Waals surface area contributed by atoms with Crippen molar-refractivity contribution in [1.29, 1.82) is 0 Å². The van der Waals surface area contributed by atoms with Crippen LogP contribution >= 0.6 is 11.8 Å². The predicted molar refractivity (Wildman–Crippen MR) is 87.6 cm³/mol. The number of nitrogens with two attached hydrogens (primary N) is 1. The number of thioether (sulfide) groups is 1. The molecule has 0 unspecified atom stereocenters. The Kier molecular flexibility index (Phi) is 3.92. The van der Waals surface area contributed by atoms with Crippen LogP contribution in [0.4, 0.5) is 17.6 Å². The average Bonchev–Trinajstić information content (AvgIpc) is 2.88. The summed E-state index contributed by atoms with van der Waals surface area (Å²) in [6.45, 7) is 1.90. The molecule has 1 aromatic carbocycles. The van der Waals surface area contributed by atoms with Gasteiger partial charge in [0.25, 0.3) is 0 Å². The van der Waals surface area contributed by atoms with Crippen LogP contribution < -0.4 is 11.1 Å². The molecule has 0 spiro atoms. The topological polar surface area (TPSA) is 94.5 Å². The highest BCUT2D eigenvalue weighted by Gasteiger charge is 2.12. The summed E-state index contributed by atoms with van der Waals surface area (Å²) in [5, 5.41) is 8.14. The lowest BCUT2D eigenvalue weighted by molar-refractivity contribution is 0.807. The number of hydrogen-bond acceptors (Lipinski definition) is 7. The smallest absolute Gasteiger partial charge is 0.248 e. The van der Waals surface area contributed by atoms with Crippen molar-refractivity contribution in [2.75, 3.05) is 17.3 Å². The molecule has 0 fully saturated rings. The minimum atomic E-state index is 0.267. The zero-order valence-electron chi connectivity index (χ0n) is 12.2. The SMILES string of the molecule is CSc1nc(C)cc(-n2nc(Nc3ccccc3)nc2N)n1. The Morgan fingerprint density at radius 2 is 1.91 bits per heavy atom. The van der Waals surface area contributed by atoms with Crippen LogP contribution in [0, 0.1) is 6.92 Å². The number of aryl methyl sites for hydroxylation is 1. The third-order valence-corrected chi connectivity index (χ3v) is 3.43. The van der Waals surface area contributed by atoms with Crippen molar-refractivity contribution >= 4 is 29.3 Å². The number of nitrogen functional groups attached to an aromatic ring is 1. The third-order valence-electron chi connectivity index (χ3n) is 2.88. The molecular weight excluding hydrogens is 298 g/mol. The van der Waals surface area contributed by atoms with E-state index >= 15 is 0 Å². The maximum atomic E-state index is 5.95. The van der Waals surface area contributed by atoms with Crippen LogP contribution in [0.5, 0.6) is 0 Å². The van der Waals surface area contributed by atoms with Crippen molar-refractivity contribution in [3.63, 3.8) is 0 Å². The molecule has 0 bridgehead atoms. The molecule has 0 aliphatic rings. The van der Waals surface area contributed by atoms with E-state index in [1.165, 1.54) is 16.4 Å². The minimum Gasteiger partial charge on any atom is -0.368 e. The van der Waals surface area contributed by atoms with Crippen LogP contribution in [-0.2, 0) is 0 Å². The highest BCUT2D eigenvalue weighted by molar-refractivity contribution is 7.98. The van der Waals surface area contributed by atoms with E-state index in [-0.39, 0.29) is 5.95 Å². The Morgan fingerprint density at radius 3 is 2.64 bits per heavy atom. The highest BCUT2D eigenvalue weighted by Crippen LogP contribution is 2.18. The second-order valence-electron chi connectivity index (χ2n) is 4.55. The quantitative estimate of drug-likeness (QED) is 0.564. The van der Waals surface area contributed by atoms with Crippen molar-refractivity contribution in [2.24, 2.45) is 0 Å². The van der Waals surface area contributed by atoms with E-state index in [1.54, 1.807) is 0 Å². The Balaban J connectivity index is 1.94. The van der Waals surface area contributed by atoms with Gasteiger partial charge in [0.2, 0.25) is 11.9 Å². The van der Waals surface area contributed by atoms with Crippen LogP contribution in [0.15, 0.2) is 41.6 Å². The molecule has 8 heteroatoms.